The molecule has 1 aromatic heterocycles. The van der Waals surface area contributed by atoms with E-state index < -0.39 is 29.7 Å². The summed E-state index contributed by atoms with van der Waals surface area (Å²) in [7, 11) is 0. The van der Waals surface area contributed by atoms with Crippen LogP contribution in [-0.4, -0.2) is 40.7 Å². The Hall–Kier alpha value is -3.33. The second-order valence-electron chi connectivity index (χ2n) is 9.44. The van der Waals surface area contributed by atoms with Crippen LogP contribution in [0.1, 0.15) is 49.9 Å². The number of carbonyl (C=O) groups excluding carboxylic acids is 3. The molecule has 2 aromatic rings. The first-order valence-electron chi connectivity index (χ1n) is 11.4. The summed E-state index contributed by atoms with van der Waals surface area (Å²) in [5.74, 6) is -0.775. The number of hydrogen-bond donors (Lipinski definition) is 4. The fourth-order valence-corrected chi connectivity index (χ4v) is 4.09. The van der Waals surface area contributed by atoms with Gasteiger partial charge < -0.3 is 25.8 Å². The SMILES string of the molecule is Cc1cc(O)cc(C)c1C[C@H](NC(=O)OC(C)(C)C)C(=O)N[C@H](C)C(=O)N/C=C/Cc1ccsc1. The maximum absolute atomic E-state index is 13.1. The molecule has 0 saturated heterocycles. The summed E-state index contributed by atoms with van der Waals surface area (Å²) in [5.41, 5.74) is 2.80. The molecule has 0 aliphatic heterocycles. The van der Waals surface area contributed by atoms with E-state index in [0.29, 0.717) is 6.42 Å². The number of rotatable bonds is 9. The summed E-state index contributed by atoms with van der Waals surface area (Å²) >= 11 is 1.61. The van der Waals surface area contributed by atoms with E-state index in [9.17, 15) is 19.5 Å². The molecule has 4 N–H and O–H groups in total. The minimum absolute atomic E-state index is 0.127. The molecule has 0 radical (unpaired) electrons. The quantitative estimate of drug-likeness (QED) is 0.416. The summed E-state index contributed by atoms with van der Waals surface area (Å²) in [4.78, 5) is 38.0. The standard InChI is InChI=1S/C26H35N3O5S/c1-16-12-20(30)13-17(2)21(16)14-22(29-25(33)34-26(4,5)6)24(32)28-18(3)23(31)27-10-7-8-19-9-11-35-15-19/h7,9-13,15,18,22,30H,8,14H2,1-6H3,(H,27,31)(H,28,32)(H,29,33)/b10-7+/t18-,22+/m1/s1. The van der Waals surface area contributed by atoms with E-state index in [1.807, 2.05) is 36.7 Å². The van der Waals surface area contributed by atoms with Gasteiger partial charge in [-0.2, -0.15) is 11.3 Å². The van der Waals surface area contributed by atoms with E-state index in [1.54, 1.807) is 57.4 Å². The first-order valence-corrected chi connectivity index (χ1v) is 12.4. The molecule has 9 heteroatoms. The number of phenols is 1. The molecule has 3 amide bonds. The molecule has 190 valence electrons. The number of aryl methyl sites for hydroxylation is 2. The van der Waals surface area contributed by atoms with Crippen molar-refractivity contribution in [1.82, 2.24) is 16.0 Å². The second-order valence-corrected chi connectivity index (χ2v) is 10.2. The maximum atomic E-state index is 13.1. The Morgan fingerprint density at radius 2 is 1.77 bits per heavy atom. The van der Waals surface area contributed by atoms with E-state index in [4.69, 9.17) is 4.74 Å². The maximum Gasteiger partial charge on any atom is 0.408 e. The first kappa shape index (κ1) is 27.9. The number of phenolic OH excluding ortho intramolecular Hbond substituents is 1. The molecule has 0 aliphatic carbocycles. The van der Waals surface area contributed by atoms with E-state index in [-0.39, 0.29) is 18.1 Å². The van der Waals surface area contributed by atoms with Gasteiger partial charge in [0.15, 0.2) is 0 Å². The third-order valence-corrected chi connectivity index (χ3v) is 5.86. The summed E-state index contributed by atoms with van der Waals surface area (Å²) < 4.78 is 5.33. The number of aromatic hydroxyl groups is 1. The Morgan fingerprint density at radius 3 is 2.34 bits per heavy atom. The van der Waals surface area contributed by atoms with Crippen molar-refractivity contribution in [3.63, 3.8) is 0 Å². The van der Waals surface area contributed by atoms with Gasteiger partial charge in [-0.25, -0.2) is 4.79 Å². The minimum Gasteiger partial charge on any atom is -0.508 e. The smallest absolute Gasteiger partial charge is 0.408 e. The third kappa shape index (κ3) is 9.44. The van der Waals surface area contributed by atoms with Crippen molar-refractivity contribution in [1.29, 1.82) is 0 Å². The molecule has 0 aliphatic rings. The number of thiophene rings is 1. The van der Waals surface area contributed by atoms with Crippen molar-refractivity contribution in [3.05, 3.63) is 63.5 Å². The monoisotopic (exact) mass is 501 g/mol. The van der Waals surface area contributed by atoms with Crippen molar-refractivity contribution in [2.75, 3.05) is 0 Å². The highest BCUT2D eigenvalue weighted by Gasteiger charge is 2.28. The van der Waals surface area contributed by atoms with Crippen LogP contribution in [-0.2, 0) is 27.2 Å². The number of alkyl carbamates (subject to hydrolysis) is 1. The fourth-order valence-electron chi connectivity index (χ4n) is 3.41. The van der Waals surface area contributed by atoms with E-state index in [1.165, 1.54) is 0 Å². The topological polar surface area (TPSA) is 117 Å². The molecule has 0 fully saturated rings. The Kier molecular flexibility index (Phi) is 9.89. The number of benzene rings is 1. The van der Waals surface area contributed by atoms with Gasteiger partial charge in [-0.15, -0.1) is 0 Å². The van der Waals surface area contributed by atoms with Crippen LogP contribution in [0.25, 0.3) is 0 Å². The third-order valence-electron chi connectivity index (χ3n) is 5.13. The number of ether oxygens (including phenoxy) is 1. The zero-order valence-corrected chi connectivity index (χ0v) is 21.9. The van der Waals surface area contributed by atoms with Gasteiger partial charge in [0.25, 0.3) is 0 Å². The fraction of sp³-hybridized carbons (Fsp3) is 0.423. The van der Waals surface area contributed by atoms with Crippen LogP contribution in [0.4, 0.5) is 4.79 Å². The largest absolute Gasteiger partial charge is 0.508 e. The molecule has 0 unspecified atom stereocenters. The van der Waals surface area contributed by atoms with Crippen molar-refractivity contribution in [2.45, 2.75) is 72.1 Å². The van der Waals surface area contributed by atoms with Crippen molar-refractivity contribution < 1.29 is 24.2 Å². The second kappa shape index (κ2) is 12.4. The van der Waals surface area contributed by atoms with E-state index >= 15 is 0 Å². The molecule has 35 heavy (non-hydrogen) atoms. The number of amides is 3. The predicted octanol–water partition coefficient (Wildman–Crippen LogP) is 3.88. The first-order chi connectivity index (χ1) is 16.4. The van der Waals surface area contributed by atoms with Crippen LogP contribution in [0.2, 0.25) is 0 Å². The van der Waals surface area contributed by atoms with Crippen LogP contribution < -0.4 is 16.0 Å². The number of allylic oxidation sites excluding steroid dienone is 1. The number of nitrogens with one attached hydrogen (secondary N) is 3. The lowest BCUT2D eigenvalue weighted by Crippen LogP contribution is -2.53. The lowest BCUT2D eigenvalue weighted by molar-refractivity contribution is -0.129. The highest BCUT2D eigenvalue weighted by atomic mass is 32.1. The van der Waals surface area contributed by atoms with Gasteiger partial charge in [-0.3, -0.25) is 9.59 Å². The van der Waals surface area contributed by atoms with Crippen LogP contribution >= 0.6 is 11.3 Å². The average molecular weight is 502 g/mol. The normalized spacial score (nSPS) is 13.2. The molecule has 1 heterocycles. The molecule has 2 atom stereocenters. The Morgan fingerprint density at radius 1 is 1.11 bits per heavy atom. The highest BCUT2D eigenvalue weighted by Crippen LogP contribution is 2.22. The van der Waals surface area contributed by atoms with Gasteiger partial charge in [0, 0.05) is 12.6 Å². The molecule has 0 spiro atoms. The molecule has 8 nitrogen and oxygen atoms in total. The van der Waals surface area contributed by atoms with Gasteiger partial charge in [-0.05, 0) is 99.2 Å². The Labute approximate surface area is 210 Å². The van der Waals surface area contributed by atoms with E-state index in [2.05, 4.69) is 16.0 Å². The van der Waals surface area contributed by atoms with Crippen LogP contribution in [0.3, 0.4) is 0 Å². The molecule has 0 saturated carbocycles. The van der Waals surface area contributed by atoms with E-state index in [0.717, 1.165) is 22.3 Å². The molecule has 1 aromatic carbocycles. The zero-order chi connectivity index (χ0) is 26.2. The lowest BCUT2D eigenvalue weighted by atomic mass is 9.95. The van der Waals surface area contributed by atoms with Crippen LogP contribution in [0, 0.1) is 13.8 Å². The van der Waals surface area contributed by atoms with Crippen molar-refractivity contribution in [3.8, 4) is 5.75 Å². The Balaban J connectivity index is 2.08. The van der Waals surface area contributed by atoms with Gasteiger partial charge >= 0.3 is 6.09 Å². The molecular formula is C26H35N3O5S. The molecule has 0 bridgehead atoms. The van der Waals surface area contributed by atoms with Crippen molar-refractivity contribution >= 4 is 29.2 Å². The minimum atomic E-state index is -0.990. The summed E-state index contributed by atoms with van der Waals surface area (Å²) in [6.45, 7) is 10.4. The van der Waals surface area contributed by atoms with Crippen LogP contribution in [0.5, 0.6) is 5.75 Å². The van der Waals surface area contributed by atoms with Gasteiger partial charge in [0.1, 0.15) is 23.4 Å². The van der Waals surface area contributed by atoms with Gasteiger partial charge in [0.05, 0.1) is 0 Å². The molecule has 2 rings (SSSR count). The number of hydrogen-bond acceptors (Lipinski definition) is 6. The summed E-state index contributed by atoms with van der Waals surface area (Å²) in [5, 5.41) is 21.8. The van der Waals surface area contributed by atoms with Gasteiger partial charge in [-0.1, -0.05) is 6.08 Å². The lowest BCUT2D eigenvalue weighted by Gasteiger charge is -2.25. The highest BCUT2D eigenvalue weighted by molar-refractivity contribution is 7.07. The van der Waals surface area contributed by atoms with Crippen LogP contribution in [0.15, 0.2) is 41.2 Å². The molecular weight excluding hydrogens is 466 g/mol. The van der Waals surface area contributed by atoms with Gasteiger partial charge in [0.2, 0.25) is 11.8 Å². The van der Waals surface area contributed by atoms with Crippen molar-refractivity contribution in [2.24, 2.45) is 0 Å². The zero-order valence-electron chi connectivity index (χ0n) is 21.1. The summed E-state index contributed by atoms with van der Waals surface area (Å²) in [6.07, 6.45) is 3.51. The number of carbonyl (C=O) groups is 3. The predicted molar refractivity (Wildman–Crippen MR) is 137 cm³/mol. The Bertz CT molecular complexity index is 1030. The summed E-state index contributed by atoms with van der Waals surface area (Å²) in [6, 6.07) is 3.39. The average Bonchev–Trinajstić information content (AvgIpc) is 3.24.